The van der Waals surface area contributed by atoms with Crippen molar-refractivity contribution in [2.24, 2.45) is 17.6 Å². The number of nitrogens with two attached hydrogens (primary N) is 1. The molecule has 1 aromatic heterocycles. The molecule has 5 heterocycles. The van der Waals surface area contributed by atoms with Crippen LogP contribution in [-0.2, 0) is 39.9 Å². The van der Waals surface area contributed by atoms with Crippen molar-refractivity contribution in [1.29, 1.82) is 0 Å². The molecule has 9 nitrogen and oxygen atoms in total. The monoisotopic (exact) mass is 809 g/mol. The SMILES string of the molecule is CC1C#CC2=CC(N)NC3=C2COC(CCC1)CC(O)CCc1cc(c(O)cc1CO)OCc1cc(C24CCOCC2CC2(CCCC2)c2ccccc24)cc2cn3cc12. The van der Waals surface area contributed by atoms with Gasteiger partial charge in [0, 0.05) is 52.3 Å². The van der Waals surface area contributed by atoms with Crippen molar-refractivity contribution in [3.8, 4) is 23.3 Å². The minimum atomic E-state index is -0.622. The van der Waals surface area contributed by atoms with E-state index < -0.39 is 12.3 Å². The highest BCUT2D eigenvalue weighted by molar-refractivity contribution is 5.88. The molecule has 0 amide bonds. The highest BCUT2D eigenvalue weighted by atomic mass is 16.5. The van der Waals surface area contributed by atoms with Gasteiger partial charge in [0.05, 0.1) is 38.2 Å². The Morgan fingerprint density at radius 1 is 0.967 bits per heavy atom. The van der Waals surface area contributed by atoms with Crippen LogP contribution < -0.4 is 15.8 Å². The van der Waals surface area contributed by atoms with Crippen LogP contribution in [0.25, 0.3) is 16.6 Å². The first-order valence-corrected chi connectivity index (χ1v) is 22.4. The lowest BCUT2D eigenvalue weighted by Crippen LogP contribution is -2.51. The second kappa shape index (κ2) is 16.0. The summed E-state index contributed by atoms with van der Waals surface area (Å²) in [7, 11) is 0. The number of dihydropyridines is 1. The fraction of sp³-hybridized carbons (Fsp3) is 0.490. The maximum Gasteiger partial charge on any atom is 0.161 e. The van der Waals surface area contributed by atoms with Gasteiger partial charge in [-0.25, -0.2) is 0 Å². The number of rotatable bonds is 2. The second-order valence-corrected chi connectivity index (χ2v) is 18.6. The predicted octanol–water partition coefficient (Wildman–Crippen LogP) is 7.85. The predicted molar refractivity (Wildman–Crippen MR) is 233 cm³/mol. The minimum Gasteiger partial charge on any atom is -0.504 e. The van der Waals surface area contributed by atoms with Gasteiger partial charge in [0.2, 0.25) is 0 Å². The van der Waals surface area contributed by atoms with Crippen LogP contribution in [-0.4, -0.2) is 58.1 Å². The number of nitrogens with one attached hydrogen (secondary N) is 1. The van der Waals surface area contributed by atoms with Crippen molar-refractivity contribution in [1.82, 2.24) is 9.88 Å². The summed E-state index contributed by atoms with van der Waals surface area (Å²) in [5.74, 6) is 8.71. The Labute approximate surface area is 353 Å². The number of benzene rings is 3. The van der Waals surface area contributed by atoms with E-state index in [0.717, 1.165) is 77.6 Å². The van der Waals surface area contributed by atoms with E-state index in [1.54, 1.807) is 6.07 Å². The number of aliphatic hydroxyl groups is 2. The number of aromatic nitrogens is 1. The van der Waals surface area contributed by atoms with E-state index in [1.807, 2.05) is 12.1 Å². The molecule has 2 fully saturated rings. The molecule has 6 atom stereocenters. The fourth-order valence-corrected chi connectivity index (χ4v) is 11.8. The van der Waals surface area contributed by atoms with Crippen molar-refractivity contribution < 1.29 is 29.5 Å². The van der Waals surface area contributed by atoms with Gasteiger partial charge in [0.1, 0.15) is 12.4 Å². The van der Waals surface area contributed by atoms with Gasteiger partial charge in [0.25, 0.3) is 0 Å². The quantitative estimate of drug-likeness (QED) is 0.130. The highest BCUT2D eigenvalue weighted by Crippen LogP contribution is 2.60. The number of aliphatic hydroxyl groups excluding tert-OH is 2. The largest absolute Gasteiger partial charge is 0.504 e. The molecule has 6 unspecified atom stereocenters. The molecule has 6 bridgehead atoms. The lowest BCUT2D eigenvalue weighted by Gasteiger charge is -2.54. The van der Waals surface area contributed by atoms with Crippen molar-refractivity contribution in [3.63, 3.8) is 0 Å². The number of aryl methyl sites for hydroxylation is 1. The van der Waals surface area contributed by atoms with Gasteiger partial charge in [-0.05, 0) is 133 Å². The van der Waals surface area contributed by atoms with Gasteiger partial charge < -0.3 is 45.1 Å². The Balaban J connectivity index is 1.18. The van der Waals surface area contributed by atoms with Gasteiger partial charge in [0.15, 0.2) is 11.5 Å². The van der Waals surface area contributed by atoms with Gasteiger partial charge in [-0.3, -0.25) is 0 Å². The average Bonchev–Trinajstić information content (AvgIpc) is 3.91. The van der Waals surface area contributed by atoms with Crippen LogP contribution in [0, 0.1) is 23.7 Å². The molecule has 1 saturated heterocycles. The normalized spacial score (nSPS) is 28.9. The first-order valence-electron chi connectivity index (χ1n) is 22.4. The Bertz CT molecular complexity index is 2410. The number of hydrogen-bond donors (Lipinski definition) is 5. The molecule has 4 aliphatic heterocycles. The van der Waals surface area contributed by atoms with E-state index in [0.29, 0.717) is 49.7 Å². The van der Waals surface area contributed by atoms with E-state index in [1.165, 1.54) is 42.4 Å². The van der Waals surface area contributed by atoms with Gasteiger partial charge in [-0.15, -0.1) is 0 Å². The van der Waals surface area contributed by atoms with Gasteiger partial charge in [-0.1, -0.05) is 61.9 Å². The second-order valence-electron chi connectivity index (χ2n) is 18.6. The van der Waals surface area contributed by atoms with Crippen LogP contribution >= 0.6 is 0 Å². The summed E-state index contributed by atoms with van der Waals surface area (Å²) in [6, 6.07) is 17.5. The molecule has 0 radical (unpaired) electrons. The molecule has 10 rings (SSSR count). The molecule has 9 heteroatoms. The molecule has 314 valence electrons. The molecule has 60 heavy (non-hydrogen) atoms. The topological polar surface area (TPSA) is 131 Å². The number of phenols is 1. The Morgan fingerprint density at radius 3 is 2.67 bits per heavy atom. The molecule has 1 saturated carbocycles. The minimum absolute atomic E-state index is 0.0160. The zero-order valence-electron chi connectivity index (χ0n) is 34.8. The van der Waals surface area contributed by atoms with Crippen LogP contribution in [0.15, 0.2) is 78.1 Å². The maximum absolute atomic E-state index is 11.4. The number of hydrogen-bond acceptors (Lipinski definition) is 8. The number of aromatic hydroxyl groups is 1. The van der Waals surface area contributed by atoms with E-state index >= 15 is 0 Å². The third-order valence-corrected chi connectivity index (χ3v) is 14.9. The average molecular weight is 810 g/mol. The van der Waals surface area contributed by atoms with E-state index in [-0.39, 0.29) is 41.8 Å². The molecule has 4 aromatic rings. The molecule has 6 aliphatic rings. The maximum atomic E-state index is 11.4. The van der Waals surface area contributed by atoms with Crippen molar-refractivity contribution >= 4 is 16.6 Å². The smallest absolute Gasteiger partial charge is 0.161 e. The Morgan fingerprint density at radius 2 is 1.82 bits per heavy atom. The van der Waals surface area contributed by atoms with Crippen LogP contribution in [0.2, 0.25) is 0 Å². The Kier molecular flexibility index (Phi) is 10.6. The summed E-state index contributed by atoms with van der Waals surface area (Å²) in [6.45, 7) is 3.91. The Hall–Kier alpha value is -4.56. The van der Waals surface area contributed by atoms with Crippen LogP contribution in [0.1, 0.15) is 111 Å². The lowest BCUT2D eigenvalue weighted by molar-refractivity contribution is -0.00873. The summed E-state index contributed by atoms with van der Waals surface area (Å²) in [5, 5.41) is 38.8. The lowest BCUT2D eigenvalue weighted by atomic mass is 9.51. The number of phenolic OH excluding ortho intramolecular Hbond substituents is 1. The molecule has 2 aliphatic carbocycles. The number of fused-ring (bicyclic) bond motifs is 10. The molecule has 6 N–H and O–H groups in total. The highest BCUT2D eigenvalue weighted by Gasteiger charge is 2.55. The third-order valence-electron chi connectivity index (χ3n) is 14.9. The van der Waals surface area contributed by atoms with E-state index in [2.05, 4.69) is 77.4 Å². The van der Waals surface area contributed by atoms with Crippen LogP contribution in [0.4, 0.5) is 0 Å². The van der Waals surface area contributed by atoms with Crippen LogP contribution in [0.5, 0.6) is 11.5 Å². The standard InChI is InChI=1S/C51H59N3O6/c1-32-7-6-8-41-24-40(56)14-13-33-22-47(46(57)21-36(33)28-55)60-29-37-20-38(19-35-26-54(27-42(35)37)49-43(31-59-41)34(12-11-32)23-48(52)53-49)51-17-18-58-30-39(51)25-50(15-4-5-16-50)44-9-2-3-10-45(44)51/h2-3,9-10,19-23,26-27,32,39-41,48,53,55-57H,4-8,13-18,24-25,28-31,52H2,1H3. The number of nitrogens with zero attached hydrogens (tertiary/aromatic N) is 1. The van der Waals surface area contributed by atoms with Crippen molar-refractivity contribution in [2.75, 3.05) is 19.8 Å². The van der Waals surface area contributed by atoms with Gasteiger partial charge in [-0.2, -0.15) is 0 Å². The first kappa shape index (κ1) is 39.6. The molecular formula is C51H59N3O6. The van der Waals surface area contributed by atoms with E-state index in [9.17, 15) is 15.3 Å². The van der Waals surface area contributed by atoms with Crippen molar-refractivity contribution in [3.05, 3.63) is 112 Å². The third kappa shape index (κ3) is 7.04. The van der Waals surface area contributed by atoms with Crippen molar-refractivity contribution in [2.45, 2.75) is 126 Å². The first-order chi connectivity index (χ1) is 29.2. The summed E-state index contributed by atoms with van der Waals surface area (Å²) in [5.41, 5.74) is 15.2. The molecule has 3 aromatic carbocycles. The number of ether oxygens (including phenoxy) is 3. The van der Waals surface area contributed by atoms with Crippen LogP contribution in [0.3, 0.4) is 0 Å². The summed E-state index contributed by atoms with van der Waals surface area (Å²) in [4.78, 5) is 0. The summed E-state index contributed by atoms with van der Waals surface area (Å²) < 4.78 is 21.9. The zero-order valence-corrected chi connectivity index (χ0v) is 34.8. The molecular weight excluding hydrogens is 751 g/mol. The summed E-state index contributed by atoms with van der Waals surface area (Å²) in [6.07, 6.45) is 16.3. The zero-order chi connectivity index (χ0) is 41.0. The van der Waals surface area contributed by atoms with Gasteiger partial charge >= 0.3 is 0 Å². The summed E-state index contributed by atoms with van der Waals surface area (Å²) >= 11 is 0. The fourth-order valence-electron chi connectivity index (χ4n) is 11.8. The van der Waals surface area contributed by atoms with E-state index in [4.69, 9.17) is 19.9 Å². The molecule has 1 spiro atoms.